The number of hydrogen-bond donors (Lipinski definition) is 1. The first-order chi connectivity index (χ1) is 8.56. The van der Waals surface area contributed by atoms with Gasteiger partial charge in [-0.1, -0.05) is 39.8 Å². The first kappa shape index (κ1) is 13.6. The second kappa shape index (κ2) is 5.87. The maximum Gasteiger partial charge on any atom is 0.137 e. The van der Waals surface area contributed by atoms with Crippen molar-refractivity contribution in [1.29, 1.82) is 0 Å². The first-order valence-corrected chi connectivity index (χ1v) is 7.15. The molecule has 2 N–H and O–H groups in total. The molecule has 0 heterocycles. The van der Waals surface area contributed by atoms with Crippen molar-refractivity contribution >= 4 is 27.7 Å². The predicted octanol–water partition coefficient (Wildman–Crippen LogP) is 4.76. The highest BCUT2D eigenvalue weighted by Gasteiger charge is 2.07. The molecule has 1 nitrogen and oxygen atoms in total. The molecule has 94 valence electrons. The lowest BCUT2D eigenvalue weighted by Crippen LogP contribution is -2.05. The molecule has 18 heavy (non-hydrogen) atoms. The Morgan fingerprint density at radius 2 is 2.00 bits per heavy atom. The Balaban J connectivity index is 2.24. The summed E-state index contributed by atoms with van der Waals surface area (Å²) in [4.78, 5) is 1.61. The van der Waals surface area contributed by atoms with E-state index in [9.17, 15) is 4.39 Å². The molecule has 0 amide bonds. The third-order valence-electron chi connectivity index (χ3n) is 2.51. The van der Waals surface area contributed by atoms with Crippen LogP contribution < -0.4 is 5.73 Å². The quantitative estimate of drug-likeness (QED) is 0.880. The maximum absolute atomic E-state index is 13.9. The number of hydrogen-bond acceptors (Lipinski definition) is 2. The lowest BCUT2D eigenvalue weighted by Gasteiger charge is -2.08. The average Bonchev–Trinajstić information content (AvgIpc) is 2.31. The number of rotatable bonds is 3. The van der Waals surface area contributed by atoms with Crippen molar-refractivity contribution in [2.24, 2.45) is 5.73 Å². The van der Waals surface area contributed by atoms with Crippen LogP contribution in [0.4, 0.5) is 4.39 Å². The third kappa shape index (κ3) is 3.34. The lowest BCUT2D eigenvalue weighted by atomic mass is 10.1. The first-order valence-electron chi connectivity index (χ1n) is 5.54. The van der Waals surface area contributed by atoms with E-state index in [1.54, 1.807) is 6.07 Å². The van der Waals surface area contributed by atoms with Crippen LogP contribution in [0.1, 0.15) is 18.5 Å². The summed E-state index contributed by atoms with van der Waals surface area (Å²) in [6.07, 6.45) is 0. The van der Waals surface area contributed by atoms with E-state index in [-0.39, 0.29) is 11.9 Å². The molecule has 0 spiro atoms. The van der Waals surface area contributed by atoms with Gasteiger partial charge in [0, 0.05) is 20.3 Å². The molecule has 0 unspecified atom stereocenters. The van der Waals surface area contributed by atoms with Gasteiger partial charge >= 0.3 is 0 Å². The number of halogens is 2. The predicted molar refractivity (Wildman–Crippen MR) is 77.3 cm³/mol. The van der Waals surface area contributed by atoms with E-state index in [4.69, 9.17) is 5.73 Å². The summed E-state index contributed by atoms with van der Waals surface area (Å²) in [6, 6.07) is 12.8. The van der Waals surface area contributed by atoms with Crippen molar-refractivity contribution in [2.45, 2.75) is 22.8 Å². The van der Waals surface area contributed by atoms with E-state index >= 15 is 0 Å². The van der Waals surface area contributed by atoms with Crippen LogP contribution in [-0.2, 0) is 0 Å². The summed E-state index contributed by atoms with van der Waals surface area (Å²) in [5, 5.41) is 0. The van der Waals surface area contributed by atoms with E-state index < -0.39 is 0 Å². The second-order valence-corrected chi connectivity index (χ2v) is 6.07. The molecule has 0 aliphatic rings. The summed E-state index contributed by atoms with van der Waals surface area (Å²) in [7, 11) is 0. The molecular formula is C14H13BrFNS. The van der Waals surface area contributed by atoms with Crippen molar-refractivity contribution < 1.29 is 4.39 Å². The van der Waals surface area contributed by atoms with E-state index in [0.29, 0.717) is 4.90 Å². The van der Waals surface area contributed by atoms with Crippen LogP contribution in [0.25, 0.3) is 0 Å². The molecule has 0 saturated heterocycles. The fourth-order valence-corrected chi connectivity index (χ4v) is 2.97. The van der Waals surface area contributed by atoms with Gasteiger partial charge in [0.25, 0.3) is 0 Å². The molecule has 0 aliphatic carbocycles. The smallest absolute Gasteiger partial charge is 0.137 e. The number of nitrogens with two attached hydrogens (primary N) is 1. The van der Waals surface area contributed by atoms with Gasteiger partial charge in [-0.25, -0.2) is 4.39 Å². The molecule has 1 atom stereocenters. The molecular weight excluding hydrogens is 313 g/mol. The van der Waals surface area contributed by atoms with Gasteiger partial charge in [-0.15, -0.1) is 0 Å². The molecule has 0 radical (unpaired) electrons. The molecule has 0 aliphatic heterocycles. The maximum atomic E-state index is 13.9. The Morgan fingerprint density at radius 3 is 2.61 bits per heavy atom. The average molecular weight is 326 g/mol. The van der Waals surface area contributed by atoms with Gasteiger partial charge in [-0.05, 0) is 42.8 Å². The number of benzene rings is 2. The van der Waals surface area contributed by atoms with Gasteiger partial charge in [0.05, 0.1) is 0 Å². The standard InChI is InChI=1S/C14H13BrFNS/c1-9(17)10-5-6-14(13(16)7-10)18-12-4-2-3-11(15)8-12/h2-9H,17H2,1H3/t9-/m1/s1. The van der Waals surface area contributed by atoms with Crippen molar-refractivity contribution in [3.63, 3.8) is 0 Å². The minimum atomic E-state index is -0.227. The third-order valence-corrected chi connectivity index (χ3v) is 4.04. The Kier molecular flexibility index (Phi) is 4.43. The van der Waals surface area contributed by atoms with E-state index in [0.717, 1.165) is 14.9 Å². The molecule has 0 bridgehead atoms. The van der Waals surface area contributed by atoms with Crippen LogP contribution in [0.15, 0.2) is 56.7 Å². The monoisotopic (exact) mass is 325 g/mol. The molecule has 2 aromatic carbocycles. The zero-order valence-corrected chi connectivity index (χ0v) is 12.3. The highest BCUT2D eigenvalue weighted by Crippen LogP contribution is 2.32. The van der Waals surface area contributed by atoms with E-state index in [1.807, 2.05) is 37.3 Å². The van der Waals surface area contributed by atoms with Gasteiger partial charge in [-0.3, -0.25) is 0 Å². The van der Waals surface area contributed by atoms with Gasteiger partial charge in [-0.2, -0.15) is 0 Å². The Hall–Kier alpha value is -0.840. The fourth-order valence-electron chi connectivity index (χ4n) is 1.54. The molecule has 0 fully saturated rings. The normalized spacial score (nSPS) is 12.4. The van der Waals surface area contributed by atoms with Crippen molar-refractivity contribution in [1.82, 2.24) is 0 Å². The SMILES string of the molecule is C[C@@H](N)c1ccc(Sc2cccc(Br)c2)c(F)c1. The van der Waals surface area contributed by atoms with Crippen LogP contribution in [0, 0.1) is 5.82 Å². The fraction of sp³-hybridized carbons (Fsp3) is 0.143. The summed E-state index contributed by atoms with van der Waals surface area (Å²) in [5.41, 5.74) is 6.54. The van der Waals surface area contributed by atoms with E-state index in [1.165, 1.54) is 17.8 Å². The highest BCUT2D eigenvalue weighted by atomic mass is 79.9. The summed E-state index contributed by atoms with van der Waals surface area (Å²) >= 11 is 4.80. The van der Waals surface area contributed by atoms with Crippen molar-refractivity contribution in [2.75, 3.05) is 0 Å². The second-order valence-electron chi connectivity index (χ2n) is 4.04. The summed E-state index contributed by atoms with van der Waals surface area (Å²) in [6.45, 7) is 1.84. The minimum absolute atomic E-state index is 0.149. The van der Waals surface area contributed by atoms with Crippen molar-refractivity contribution in [3.05, 3.63) is 58.3 Å². The minimum Gasteiger partial charge on any atom is -0.324 e. The summed E-state index contributed by atoms with van der Waals surface area (Å²) in [5.74, 6) is -0.227. The van der Waals surface area contributed by atoms with Gasteiger partial charge in [0.1, 0.15) is 5.82 Å². The van der Waals surface area contributed by atoms with Crippen LogP contribution in [0.5, 0.6) is 0 Å². The van der Waals surface area contributed by atoms with E-state index in [2.05, 4.69) is 15.9 Å². The molecule has 2 aromatic rings. The molecule has 0 aromatic heterocycles. The Bertz CT molecular complexity index is 557. The van der Waals surface area contributed by atoms with Crippen molar-refractivity contribution in [3.8, 4) is 0 Å². The van der Waals surface area contributed by atoms with Gasteiger partial charge < -0.3 is 5.73 Å². The zero-order valence-electron chi connectivity index (χ0n) is 9.86. The lowest BCUT2D eigenvalue weighted by molar-refractivity contribution is 0.596. The zero-order chi connectivity index (χ0) is 13.1. The topological polar surface area (TPSA) is 26.0 Å². The van der Waals surface area contributed by atoms with Gasteiger partial charge in [0.15, 0.2) is 0 Å². The highest BCUT2D eigenvalue weighted by molar-refractivity contribution is 9.10. The summed E-state index contributed by atoms with van der Waals surface area (Å²) < 4.78 is 14.9. The van der Waals surface area contributed by atoms with Crippen LogP contribution in [0.2, 0.25) is 0 Å². The molecule has 2 rings (SSSR count). The van der Waals surface area contributed by atoms with Gasteiger partial charge in [0.2, 0.25) is 0 Å². The van der Waals surface area contributed by atoms with Crippen LogP contribution >= 0.6 is 27.7 Å². The Morgan fingerprint density at radius 1 is 1.22 bits per heavy atom. The Labute approximate surface area is 119 Å². The molecule has 0 saturated carbocycles. The van der Waals surface area contributed by atoms with Crippen LogP contribution in [-0.4, -0.2) is 0 Å². The molecule has 4 heteroatoms. The van der Waals surface area contributed by atoms with Crippen LogP contribution in [0.3, 0.4) is 0 Å². The largest absolute Gasteiger partial charge is 0.324 e.